The Balaban J connectivity index is 1.55. The third-order valence-electron chi connectivity index (χ3n) is 3.90. The van der Waals surface area contributed by atoms with E-state index in [1.54, 1.807) is 30.2 Å². The van der Waals surface area contributed by atoms with Crippen LogP contribution >= 0.6 is 22.9 Å². The predicted molar refractivity (Wildman–Crippen MR) is 102 cm³/mol. The second-order valence-electron chi connectivity index (χ2n) is 6.10. The standard InChI is InChI=1S/C19H19ClN2O2S/c1-22(12-16-9-10-17(20)25-16)18(23)11-4-13-2-5-14(6-3-13)19(24)21-15-7-8-15/h2-6,9-11,15H,7-8,12H2,1H3,(H,21,24)/b11-4+. The number of likely N-dealkylation sites (N-methyl/N-ethyl adjacent to an activating group) is 1. The van der Waals surface area contributed by atoms with E-state index in [0.717, 1.165) is 27.6 Å². The number of rotatable bonds is 6. The van der Waals surface area contributed by atoms with Crippen molar-refractivity contribution in [3.8, 4) is 0 Å². The van der Waals surface area contributed by atoms with Crippen LogP contribution in [-0.4, -0.2) is 29.8 Å². The van der Waals surface area contributed by atoms with Gasteiger partial charge in [-0.1, -0.05) is 23.7 Å². The number of carbonyl (C=O) groups excluding carboxylic acids is 2. The molecule has 0 atom stereocenters. The first kappa shape index (κ1) is 17.7. The van der Waals surface area contributed by atoms with Gasteiger partial charge in [0.05, 0.1) is 10.9 Å². The van der Waals surface area contributed by atoms with Gasteiger partial charge in [0, 0.05) is 29.6 Å². The van der Waals surface area contributed by atoms with Crippen molar-refractivity contribution < 1.29 is 9.59 Å². The Kier molecular flexibility index (Phi) is 5.56. The molecule has 1 fully saturated rings. The Morgan fingerprint density at radius 3 is 2.56 bits per heavy atom. The molecule has 2 aromatic rings. The van der Waals surface area contributed by atoms with E-state index in [1.165, 1.54) is 17.4 Å². The van der Waals surface area contributed by atoms with Crippen molar-refractivity contribution in [3.05, 3.63) is 62.8 Å². The maximum absolute atomic E-state index is 12.2. The van der Waals surface area contributed by atoms with Crippen LogP contribution < -0.4 is 5.32 Å². The zero-order valence-corrected chi connectivity index (χ0v) is 15.4. The lowest BCUT2D eigenvalue weighted by Gasteiger charge is -2.13. The molecule has 1 aliphatic carbocycles. The van der Waals surface area contributed by atoms with E-state index in [9.17, 15) is 9.59 Å². The number of halogens is 1. The van der Waals surface area contributed by atoms with Crippen molar-refractivity contribution in [1.29, 1.82) is 0 Å². The van der Waals surface area contributed by atoms with E-state index >= 15 is 0 Å². The third-order valence-corrected chi connectivity index (χ3v) is 5.12. The van der Waals surface area contributed by atoms with Crippen LogP contribution in [0.4, 0.5) is 0 Å². The van der Waals surface area contributed by atoms with Gasteiger partial charge >= 0.3 is 0 Å². The van der Waals surface area contributed by atoms with Gasteiger partial charge in [-0.05, 0) is 48.7 Å². The van der Waals surface area contributed by atoms with Crippen LogP contribution in [0.2, 0.25) is 4.34 Å². The highest BCUT2D eigenvalue weighted by Gasteiger charge is 2.23. The summed E-state index contributed by atoms with van der Waals surface area (Å²) in [6, 6.07) is 11.3. The minimum Gasteiger partial charge on any atom is -0.349 e. The summed E-state index contributed by atoms with van der Waals surface area (Å²) in [7, 11) is 1.76. The van der Waals surface area contributed by atoms with Gasteiger partial charge in [-0.15, -0.1) is 11.3 Å². The van der Waals surface area contributed by atoms with Gasteiger partial charge < -0.3 is 10.2 Å². The van der Waals surface area contributed by atoms with E-state index in [1.807, 2.05) is 24.3 Å². The summed E-state index contributed by atoms with van der Waals surface area (Å²) >= 11 is 7.37. The molecule has 6 heteroatoms. The molecule has 0 aliphatic heterocycles. The molecule has 1 N–H and O–H groups in total. The van der Waals surface area contributed by atoms with Gasteiger partial charge in [0.1, 0.15) is 0 Å². The van der Waals surface area contributed by atoms with Crippen LogP contribution in [0, 0.1) is 0 Å². The molecule has 0 unspecified atom stereocenters. The Labute approximate surface area is 156 Å². The van der Waals surface area contributed by atoms with E-state index in [4.69, 9.17) is 11.6 Å². The molecule has 0 spiro atoms. The molecule has 1 aromatic heterocycles. The second-order valence-corrected chi connectivity index (χ2v) is 7.90. The monoisotopic (exact) mass is 374 g/mol. The van der Waals surface area contributed by atoms with Crippen LogP contribution in [0.25, 0.3) is 6.08 Å². The van der Waals surface area contributed by atoms with Crippen molar-refractivity contribution >= 4 is 40.8 Å². The van der Waals surface area contributed by atoms with Crippen LogP contribution in [-0.2, 0) is 11.3 Å². The fraction of sp³-hybridized carbons (Fsp3) is 0.263. The number of carbonyl (C=O) groups is 2. The fourth-order valence-electron chi connectivity index (χ4n) is 2.29. The lowest BCUT2D eigenvalue weighted by atomic mass is 10.1. The number of benzene rings is 1. The largest absolute Gasteiger partial charge is 0.349 e. The molecule has 3 rings (SSSR count). The zero-order chi connectivity index (χ0) is 17.8. The molecule has 130 valence electrons. The van der Waals surface area contributed by atoms with E-state index < -0.39 is 0 Å². The van der Waals surface area contributed by atoms with Gasteiger partial charge in [0.25, 0.3) is 5.91 Å². The fourth-order valence-corrected chi connectivity index (χ4v) is 3.43. The lowest BCUT2D eigenvalue weighted by molar-refractivity contribution is -0.125. The summed E-state index contributed by atoms with van der Waals surface area (Å²) in [6.07, 6.45) is 5.43. The molecule has 0 radical (unpaired) electrons. The topological polar surface area (TPSA) is 49.4 Å². The Morgan fingerprint density at radius 2 is 1.96 bits per heavy atom. The molecule has 0 bridgehead atoms. The van der Waals surface area contributed by atoms with Crippen molar-refractivity contribution in [2.75, 3.05) is 7.05 Å². The van der Waals surface area contributed by atoms with Crippen LogP contribution in [0.15, 0.2) is 42.5 Å². The molecule has 1 saturated carbocycles. The Bertz CT molecular complexity index is 794. The number of nitrogens with one attached hydrogen (secondary N) is 1. The zero-order valence-electron chi connectivity index (χ0n) is 13.9. The third kappa shape index (κ3) is 5.18. The molecule has 0 saturated heterocycles. The van der Waals surface area contributed by atoms with E-state index in [-0.39, 0.29) is 11.8 Å². The van der Waals surface area contributed by atoms with Crippen molar-refractivity contribution in [2.24, 2.45) is 0 Å². The van der Waals surface area contributed by atoms with Gasteiger partial charge in [-0.3, -0.25) is 9.59 Å². The normalized spacial score (nSPS) is 13.8. The number of hydrogen-bond donors (Lipinski definition) is 1. The van der Waals surface area contributed by atoms with Gasteiger partial charge in [0.2, 0.25) is 5.91 Å². The lowest BCUT2D eigenvalue weighted by Crippen LogP contribution is -2.25. The smallest absolute Gasteiger partial charge is 0.251 e. The maximum atomic E-state index is 12.2. The molecule has 25 heavy (non-hydrogen) atoms. The minimum atomic E-state index is -0.0833. The summed E-state index contributed by atoms with van der Waals surface area (Å²) < 4.78 is 0.720. The summed E-state index contributed by atoms with van der Waals surface area (Å²) in [6.45, 7) is 0.529. The molecular formula is C19H19ClN2O2S. The highest BCUT2D eigenvalue weighted by Crippen LogP contribution is 2.22. The van der Waals surface area contributed by atoms with Crippen LogP contribution in [0.1, 0.15) is 33.6 Å². The summed E-state index contributed by atoms with van der Waals surface area (Å²) in [4.78, 5) is 26.8. The summed E-state index contributed by atoms with van der Waals surface area (Å²) in [5, 5.41) is 2.95. The van der Waals surface area contributed by atoms with Crippen molar-refractivity contribution in [1.82, 2.24) is 10.2 Å². The van der Waals surface area contributed by atoms with E-state index in [2.05, 4.69) is 5.32 Å². The van der Waals surface area contributed by atoms with Crippen molar-refractivity contribution in [2.45, 2.75) is 25.4 Å². The number of nitrogens with zero attached hydrogens (tertiary/aromatic N) is 1. The van der Waals surface area contributed by atoms with Gasteiger partial charge in [-0.2, -0.15) is 0 Å². The predicted octanol–water partition coefficient (Wildman–Crippen LogP) is 3.97. The minimum absolute atomic E-state index is 0.0385. The van der Waals surface area contributed by atoms with Gasteiger partial charge in [-0.25, -0.2) is 0 Å². The number of hydrogen-bond acceptors (Lipinski definition) is 3. The Morgan fingerprint density at radius 1 is 1.24 bits per heavy atom. The first-order valence-electron chi connectivity index (χ1n) is 8.09. The maximum Gasteiger partial charge on any atom is 0.251 e. The highest BCUT2D eigenvalue weighted by molar-refractivity contribution is 7.16. The van der Waals surface area contributed by atoms with E-state index in [0.29, 0.717) is 18.2 Å². The Hall–Kier alpha value is -2.11. The summed E-state index contributed by atoms with van der Waals surface area (Å²) in [5.74, 6) is -0.122. The first-order chi connectivity index (χ1) is 12.0. The molecule has 4 nitrogen and oxygen atoms in total. The van der Waals surface area contributed by atoms with Crippen molar-refractivity contribution in [3.63, 3.8) is 0 Å². The molecule has 2 amide bonds. The molecule has 1 aliphatic rings. The highest BCUT2D eigenvalue weighted by atomic mass is 35.5. The first-order valence-corrected chi connectivity index (χ1v) is 9.29. The molecule has 1 heterocycles. The molecular weight excluding hydrogens is 356 g/mol. The molecule has 1 aromatic carbocycles. The second kappa shape index (κ2) is 7.85. The van der Waals surface area contributed by atoms with Crippen LogP contribution in [0.3, 0.4) is 0 Å². The van der Waals surface area contributed by atoms with Crippen LogP contribution in [0.5, 0.6) is 0 Å². The van der Waals surface area contributed by atoms with Gasteiger partial charge in [0.15, 0.2) is 0 Å². The summed E-state index contributed by atoms with van der Waals surface area (Å²) in [5.41, 5.74) is 1.52. The quantitative estimate of drug-likeness (QED) is 0.778. The average molecular weight is 375 g/mol. The SMILES string of the molecule is CN(Cc1ccc(Cl)s1)C(=O)/C=C/c1ccc(C(=O)NC2CC2)cc1. The number of thiophene rings is 1. The average Bonchev–Trinajstić information content (AvgIpc) is 3.33. The number of amides is 2.